The van der Waals surface area contributed by atoms with Crippen LogP contribution in [0, 0.1) is 10.1 Å². The Bertz CT molecular complexity index is 480. The molecule has 0 amide bonds. The van der Waals surface area contributed by atoms with E-state index >= 15 is 0 Å². The van der Waals surface area contributed by atoms with E-state index in [2.05, 4.69) is 15.7 Å². The van der Waals surface area contributed by atoms with Gasteiger partial charge < -0.3 is 15.4 Å². The summed E-state index contributed by atoms with van der Waals surface area (Å²) in [7, 11) is 1.71. The molecule has 1 unspecified atom stereocenters. The molecule has 2 heterocycles. The highest BCUT2D eigenvalue weighted by atomic mass is 16.6. The third-order valence-electron chi connectivity index (χ3n) is 3.29. The van der Waals surface area contributed by atoms with Gasteiger partial charge in [0.2, 0.25) is 5.82 Å². The first kappa shape index (κ1) is 14.7. The molecule has 1 aliphatic heterocycles. The van der Waals surface area contributed by atoms with Crippen LogP contribution in [0.5, 0.6) is 0 Å². The molecule has 0 spiro atoms. The predicted octanol–water partition coefficient (Wildman–Crippen LogP) is 0.852. The van der Waals surface area contributed by atoms with Gasteiger partial charge in [-0.2, -0.15) is 5.10 Å². The number of aromatic nitrogens is 2. The summed E-state index contributed by atoms with van der Waals surface area (Å²) in [6.45, 7) is 6.48. The monoisotopic (exact) mass is 283 g/mol. The Morgan fingerprint density at radius 1 is 1.65 bits per heavy atom. The zero-order chi connectivity index (χ0) is 14.7. The first-order valence-electron chi connectivity index (χ1n) is 6.77. The van der Waals surface area contributed by atoms with Crippen molar-refractivity contribution in [1.82, 2.24) is 15.1 Å². The van der Waals surface area contributed by atoms with Crippen molar-refractivity contribution in [2.45, 2.75) is 25.8 Å². The summed E-state index contributed by atoms with van der Waals surface area (Å²) in [5, 5.41) is 22.0. The number of hydrogen-bond donors (Lipinski definition) is 2. The summed E-state index contributed by atoms with van der Waals surface area (Å²) in [5.74, 6) is 0.458. The first-order valence-corrected chi connectivity index (χ1v) is 6.77. The van der Waals surface area contributed by atoms with Crippen molar-refractivity contribution >= 4 is 11.5 Å². The molecule has 0 aliphatic carbocycles. The zero-order valence-corrected chi connectivity index (χ0v) is 12.0. The van der Waals surface area contributed by atoms with Crippen molar-refractivity contribution in [3.63, 3.8) is 0 Å². The molecule has 1 aliphatic rings. The summed E-state index contributed by atoms with van der Waals surface area (Å²) >= 11 is 0. The number of nitrogens with one attached hydrogen (secondary N) is 2. The van der Waals surface area contributed by atoms with Gasteiger partial charge in [-0.25, -0.2) is 4.68 Å². The minimum Gasteiger partial charge on any atom is -0.378 e. The predicted molar refractivity (Wildman–Crippen MR) is 75.1 cm³/mol. The topological polar surface area (TPSA) is 94.2 Å². The van der Waals surface area contributed by atoms with Crippen molar-refractivity contribution in [3.05, 3.63) is 15.8 Å². The van der Waals surface area contributed by atoms with Crippen LogP contribution < -0.4 is 10.6 Å². The van der Waals surface area contributed by atoms with Crippen LogP contribution in [0.15, 0.2) is 0 Å². The second-order valence-corrected chi connectivity index (χ2v) is 5.22. The van der Waals surface area contributed by atoms with Crippen LogP contribution in [0.25, 0.3) is 0 Å². The van der Waals surface area contributed by atoms with E-state index in [1.54, 1.807) is 7.05 Å². The lowest BCUT2D eigenvalue weighted by Gasteiger charge is -2.24. The maximum Gasteiger partial charge on any atom is 0.334 e. The van der Waals surface area contributed by atoms with Gasteiger partial charge in [-0.3, -0.25) is 10.1 Å². The molecule has 0 radical (unpaired) electrons. The van der Waals surface area contributed by atoms with Gasteiger partial charge in [0, 0.05) is 32.1 Å². The smallest absolute Gasteiger partial charge is 0.334 e. The molecule has 1 fully saturated rings. The van der Waals surface area contributed by atoms with Crippen molar-refractivity contribution in [2.24, 2.45) is 7.05 Å². The van der Waals surface area contributed by atoms with Crippen LogP contribution >= 0.6 is 0 Å². The van der Waals surface area contributed by atoms with E-state index in [4.69, 9.17) is 4.74 Å². The van der Waals surface area contributed by atoms with Gasteiger partial charge in [0.25, 0.3) is 0 Å². The molecule has 0 saturated carbocycles. The van der Waals surface area contributed by atoms with E-state index in [0.29, 0.717) is 31.3 Å². The Hall–Kier alpha value is -1.67. The molecule has 112 valence electrons. The number of hydrogen-bond acceptors (Lipinski definition) is 6. The zero-order valence-electron chi connectivity index (χ0n) is 12.0. The average molecular weight is 283 g/mol. The molecule has 20 heavy (non-hydrogen) atoms. The summed E-state index contributed by atoms with van der Waals surface area (Å²) in [5.41, 5.74) is 0.576. The van der Waals surface area contributed by atoms with Gasteiger partial charge in [0.05, 0.1) is 18.1 Å². The van der Waals surface area contributed by atoms with Gasteiger partial charge in [0.1, 0.15) is 5.69 Å². The van der Waals surface area contributed by atoms with Crippen molar-refractivity contribution in [1.29, 1.82) is 0 Å². The molecule has 8 heteroatoms. The fourth-order valence-corrected chi connectivity index (χ4v) is 2.27. The van der Waals surface area contributed by atoms with E-state index < -0.39 is 0 Å². The van der Waals surface area contributed by atoms with E-state index in [-0.39, 0.29) is 22.6 Å². The summed E-state index contributed by atoms with van der Waals surface area (Å²) in [4.78, 5) is 10.9. The molecule has 1 atom stereocenters. The Kier molecular flexibility index (Phi) is 4.56. The van der Waals surface area contributed by atoms with E-state index in [1.807, 2.05) is 13.8 Å². The second kappa shape index (κ2) is 6.19. The maximum absolute atomic E-state index is 11.3. The second-order valence-electron chi connectivity index (χ2n) is 5.22. The third kappa shape index (κ3) is 3.07. The van der Waals surface area contributed by atoms with Crippen LogP contribution in [-0.4, -0.2) is 47.0 Å². The fraction of sp³-hybridized carbons (Fsp3) is 0.750. The highest BCUT2D eigenvalue weighted by Crippen LogP contribution is 2.32. The van der Waals surface area contributed by atoms with E-state index in [1.165, 1.54) is 4.68 Å². The fourth-order valence-electron chi connectivity index (χ4n) is 2.27. The molecule has 1 aromatic heterocycles. The minimum absolute atomic E-state index is 0.00767. The normalized spacial score (nSPS) is 19.3. The highest BCUT2D eigenvalue weighted by molar-refractivity contribution is 5.60. The van der Waals surface area contributed by atoms with Crippen LogP contribution in [-0.2, 0) is 11.8 Å². The lowest BCUT2D eigenvalue weighted by Crippen LogP contribution is -2.45. The van der Waals surface area contributed by atoms with Gasteiger partial charge >= 0.3 is 5.69 Å². The van der Waals surface area contributed by atoms with Gasteiger partial charge in [0.15, 0.2) is 0 Å². The van der Waals surface area contributed by atoms with E-state index in [0.717, 1.165) is 6.54 Å². The number of anilines is 1. The highest BCUT2D eigenvalue weighted by Gasteiger charge is 2.28. The Labute approximate surface area is 117 Å². The van der Waals surface area contributed by atoms with Crippen molar-refractivity contribution < 1.29 is 9.66 Å². The average Bonchev–Trinajstić information content (AvgIpc) is 2.75. The molecule has 0 bridgehead atoms. The molecular formula is C12H21N5O3. The number of nitro groups is 1. The molecule has 8 nitrogen and oxygen atoms in total. The minimum atomic E-state index is -0.366. The summed E-state index contributed by atoms with van der Waals surface area (Å²) < 4.78 is 6.90. The van der Waals surface area contributed by atoms with Crippen LogP contribution in [0.1, 0.15) is 25.5 Å². The quantitative estimate of drug-likeness (QED) is 0.614. The van der Waals surface area contributed by atoms with Gasteiger partial charge in [-0.05, 0) is 0 Å². The van der Waals surface area contributed by atoms with Crippen LogP contribution in [0.3, 0.4) is 0 Å². The summed E-state index contributed by atoms with van der Waals surface area (Å²) in [6.07, 6.45) is 0. The van der Waals surface area contributed by atoms with Gasteiger partial charge in [-0.15, -0.1) is 0 Å². The molecular weight excluding hydrogens is 262 g/mol. The number of aryl methyl sites for hydroxylation is 1. The Balaban J connectivity index is 2.15. The standard InChI is InChI=1S/C12H21N5O3/c1-8(2)10-11(17(18)19)12(16(3)15-10)14-6-9-7-20-5-4-13-9/h8-9,13-14H,4-7H2,1-3H3. The SMILES string of the molecule is CC(C)c1nn(C)c(NCC2COCCN2)c1[N+](=O)[O-]. The van der Waals surface area contributed by atoms with Crippen LogP contribution in [0.4, 0.5) is 11.5 Å². The Morgan fingerprint density at radius 3 is 2.95 bits per heavy atom. The summed E-state index contributed by atoms with van der Waals surface area (Å²) in [6, 6.07) is 0.153. The van der Waals surface area contributed by atoms with Crippen molar-refractivity contribution in [3.8, 4) is 0 Å². The number of nitrogens with zero attached hydrogens (tertiary/aromatic N) is 3. The molecule has 0 aromatic carbocycles. The lowest BCUT2D eigenvalue weighted by molar-refractivity contribution is -0.384. The molecule has 1 saturated heterocycles. The third-order valence-corrected chi connectivity index (χ3v) is 3.29. The largest absolute Gasteiger partial charge is 0.378 e. The number of morpholine rings is 1. The maximum atomic E-state index is 11.3. The number of ether oxygens (including phenoxy) is 1. The molecule has 1 aromatic rings. The first-order chi connectivity index (χ1) is 9.50. The van der Waals surface area contributed by atoms with Crippen molar-refractivity contribution in [2.75, 3.05) is 31.6 Å². The Morgan fingerprint density at radius 2 is 2.40 bits per heavy atom. The molecule has 2 N–H and O–H groups in total. The van der Waals surface area contributed by atoms with Gasteiger partial charge in [-0.1, -0.05) is 13.8 Å². The lowest BCUT2D eigenvalue weighted by atomic mass is 10.1. The molecule has 2 rings (SSSR count). The number of rotatable bonds is 5. The van der Waals surface area contributed by atoms with Crippen LogP contribution in [0.2, 0.25) is 0 Å². The van der Waals surface area contributed by atoms with E-state index in [9.17, 15) is 10.1 Å².